The number of benzene rings is 2. The van der Waals surface area contributed by atoms with Crippen molar-refractivity contribution in [3.8, 4) is 0 Å². The van der Waals surface area contributed by atoms with Gasteiger partial charge in [0.1, 0.15) is 5.69 Å². The van der Waals surface area contributed by atoms with Crippen molar-refractivity contribution in [2.45, 2.75) is 13.5 Å². The van der Waals surface area contributed by atoms with Crippen molar-refractivity contribution in [1.29, 1.82) is 0 Å². The third kappa shape index (κ3) is 4.88. The number of rotatable bonds is 7. The van der Waals surface area contributed by atoms with E-state index in [1.165, 1.54) is 5.56 Å². The van der Waals surface area contributed by atoms with E-state index in [0.717, 1.165) is 30.2 Å². The van der Waals surface area contributed by atoms with E-state index >= 15 is 0 Å². The molecule has 144 valence electrons. The summed E-state index contributed by atoms with van der Waals surface area (Å²) in [5.74, 6) is -0.213. The van der Waals surface area contributed by atoms with Crippen LogP contribution in [0.15, 0.2) is 72.9 Å². The molecule has 0 unspecified atom stereocenters. The Kier molecular flexibility index (Phi) is 6.27. The van der Waals surface area contributed by atoms with E-state index in [9.17, 15) is 4.79 Å². The van der Waals surface area contributed by atoms with Crippen molar-refractivity contribution in [2.75, 3.05) is 35.8 Å². The molecule has 0 saturated carbocycles. The lowest BCUT2D eigenvalue weighted by atomic mass is 10.2. The minimum Gasteiger partial charge on any atom is -0.378 e. The summed E-state index contributed by atoms with van der Waals surface area (Å²) in [6, 6.07) is 21.8. The van der Waals surface area contributed by atoms with E-state index in [4.69, 9.17) is 0 Å². The molecule has 5 heteroatoms. The van der Waals surface area contributed by atoms with Crippen LogP contribution in [0.1, 0.15) is 23.0 Å². The minimum absolute atomic E-state index is 0.213. The molecule has 0 saturated heterocycles. The number of nitrogens with zero attached hydrogens (tertiary/aromatic N) is 3. The standard InChI is InChI=1S/C23H26N4O/c1-4-27(17-18-8-6-5-7-9-18)21-14-15-24-22(16-21)23(28)25-19-10-12-20(13-11-19)26(2)3/h5-16H,4,17H2,1-3H3,(H,25,28). The van der Waals surface area contributed by atoms with Crippen LogP contribution in [0.25, 0.3) is 0 Å². The van der Waals surface area contributed by atoms with E-state index < -0.39 is 0 Å². The maximum Gasteiger partial charge on any atom is 0.274 e. The van der Waals surface area contributed by atoms with Crippen LogP contribution in [0.2, 0.25) is 0 Å². The highest BCUT2D eigenvalue weighted by Gasteiger charge is 2.12. The second kappa shape index (κ2) is 9.04. The molecule has 0 aliphatic rings. The predicted molar refractivity (Wildman–Crippen MR) is 116 cm³/mol. The summed E-state index contributed by atoms with van der Waals surface area (Å²) in [6.07, 6.45) is 1.69. The Bertz CT molecular complexity index is 907. The zero-order valence-electron chi connectivity index (χ0n) is 16.6. The molecule has 0 fully saturated rings. The molecule has 3 rings (SSSR count). The van der Waals surface area contributed by atoms with Crippen LogP contribution in [0, 0.1) is 0 Å². The maximum atomic E-state index is 12.7. The highest BCUT2D eigenvalue weighted by molar-refractivity contribution is 6.03. The summed E-state index contributed by atoms with van der Waals surface area (Å²) < 4.78 is 0. The van der Waals surface area contributed by atoms with Gasteiger partial charge in [0.2, 0.25) is 0 Å². The highest BCUT2D eigenvalue weighted by Crippen LogP contribution is 2.19. The second-order valence-electron chi connectivity index (χ2n) is 6.79. The van der Waals surface area contributed by atoms with Crippen LogP contribution in [-0.4, -0.2) is 31.5 Å². The van der Waals surface area contributed by atoms with E-state index in [-0.39, 0.29) is 5.91 Å². The first-order valence-electron chi connectivity index (χ1n) is 9.40. The Labute approximate surface area is 166 Å². The lowest BCUT2D eigenvalue weighted by molar-refractivity contribution is 0.102. The third-order valence-electron chi connectivity index (χ3n) is 4.58. The van der Waals surface area contributed by atoms with Gasteiger partial charge in [-0.25, -0.2) is 0 Å². The van der Waals surface area contributed by atoms with Crippen molar-refractivity contribution < 1.29 is 4.79 Å². The number of carbonyl (C=O) groups is 1. The third-order valence-corrected chi connectivity index (χ3v) is 4.58. The van der Waals surface area contributed by atoms with Gasteiger partial charge in [-0.05, 0) is 48.9 Å². The normalized spacial score (nSPS) is 10.4. The molecule has 0 aliphatic carbocycles. The number of amides is 1. The van der Waals surface area contributed by atoms with Gasteiger partial charge < -0.3 is 15.1 Å². The highest BCUT2D eigenvalue weighted by atomic mass is 16.1. The molecule has 1 amide bonds. The summed E-state index contributed by atoms with van der Waals surface area (Å²) >= 11 is 0. The van der Waals surface area contributed by atoms with Crippen molar-refractivity contribution in [1.82, 2.24) is 4.98 Å². The van der Waals surface area contributed by atoms with Gasteiger partial charge in [0, 0.05) is 50.4 Å². The second-order valence-corrected chi connectivity index (χ2v) is 6.79. The van der Waals surface area contributed by atoms with E-state index in [1.54, 1.807) is 6.20 Å². The van der Waals surface area contributed by atoms with Crippen LogP contribution in [0.5, 0.6) is 0 Å². The number of carbonyl (C=O) groups excluding carboxylic acids is 1. The molecule has 1 N–H and O–H groups in total. The average molecular weight is 374 g/mol. The van der Waals surface area contributed by atoms with Gasteiger partial charge >= 0.3 is 0 Å². The van der Waals surface area contributed by atoms with E-state index in [1.807, 2.05) is 73.6 Å². The number of nitrogens with one attached hydrogen (secondary N) is 1. The number of anilines is 3. The van der Waals surface area contributed by atoms with Gasteiger partial charge in [0.15, 0.2) is 0 Å². The Morgan fingerprint density at radius 1 is 0.964 bits per heavy atom. The first kappa shape index (κ1) is 19.4. The summed E-state index contributed by atoms with van der Waals surface area (Å²) in [6.45, 7) is 3.73. The average Bonchev–Trinajstić information content (AvgIpc) is 2.73. The first-order chi connectivity index (χ1) is 13.6. The van der Waals surface area contributed by atoms with E-state index in [2.05, 4.69) is 34.3 Å². The topological polar surface area (TPSA) is 48.5 Å². The van der Waals surface area contributed by atoms with Gasteiger partial charge in [-0.2, -0.15) is 0 Å². The Balaban J connectivity index is 1.73. The van der Waals surface area contributed by atoms with Gasteiger partial charge in [0.05, 0.1) is 0 Å². The SMILES string of the molecule is CCN(Cc1ccccc1)c1ccnc(C(=O)Nc2ccc(N(C)C)cc2)c1. The number of hydrogen-bond acceptors (Lipinski definition) is 4. The molecular weight excluding hydrogens is 348 g/mol. The lowest BCUT2D eigenvalue weighted by Crippen LogP contribution is -2.23. The monoisotopic (exact) mass is 374 g/mol. The molecule has 28 heavy (non-hydrogen) atoms. The van der Waals surface area contributed by atoms with Crippen molar-refractivity contribution in [3.05, 3.63) is 84.2 Å². The largest absolute Gasteiger partial charge is 0.378 e. The molecular formula is C23H26N4O. The fourth-order valence-corrected chi connectivity index (χ4v) is 2.97. The van der Waals surface area contributed by atoms with Crippen molar-refractivity contribution >= 4 is 23.0 Å². The summed E-state index contributed by atoms with van der Waals surface area (Å²) in [5.41, 5.74) is 4.44. The predicted octanol–water partition coefficient (Wildman–Crippen LogP) is 4.43. The van der Waals surface area contributed by atoms with Crippen molar-refractivity contribution in [2.24, 2.45) is 0 Å². The molecule has 5 nitrogen and oxygen atoms in total. The Morgan fingerprint density at radius 2 is 1.68 bits per heavy atom. The van der Waals surface area contributed by atoms with Crippen LogP contribution < -0.4 is 15.1 Å². The van der Waals surface area contributed by atoms with Crippen LogP contribution >= 0.6 is 0 Å². The maximum absolute atomic E-state index is 12.7. The first-order valence-corrected chi connectivity index (χ1v) is 9.40. The van der Waals surface area contributed by atoms with Gasteiger partial charge in [-0.15, -0.1) is 0 Å². The zero-order chi connectivity index (χ0) is 19.9. The lowest BCUT2D eigenvalue weighted by Gasteiger charge is -2.23. The molecule has 0 atom stereocenters. The fourth-order valence-electron chi connectivity index (χ4n) is 2.97. The van der Waals surface area contributed by atoms with Gasteiger partial charge in [0.25, 0.3) is 5.91 Å². The summed E-state index contributed by atoms with van der Waals surface area (Å²) in [7, 11) is 3.97. The summed E-state index contributed by atoms with van der Waals surface area (Å²) in [4.78, 5) is 21.1. The van der Waals surface area contributed by atoms with Gasteiger partial charge in [-0.3, -0.25) is 9.78 Å². The number of hydrogen-bond donors (Lipinski definition) is 1. The van der Waals surface area contributed by atoms with Crippen LogP contribution in [-0.2, 0) is 6.54 Å². The van der Waals surface area contributed by atoms with Gasteiger partial charge in [-0.1, -0.05) is 30.3 Å². The van der Waals surface area contributed by atoms with Crippen LogP contribution in [0.4, 0.5) is 17.1 Å². The Hall–Kier alpha value is -3.34. The smallest absolute Gasteiger partial charge is 0.274 e. The molecule has 1 heterocycles. The molecule has 3 aromatic rings. The molecule has 1 aromatic heterocycles. The molecule has 0 aliphatic heterocycles. The van der Waals surface area contributed by atoms with Crippen molar-refractivity contribution in [3.63, 3.8) is 0 Å². The molecule has 2 aromatic carbocycles. The molecule has 0 spiro atoms. The summed E-state index contributed by atoms with van der Waals surface area (Å²) in [5, 5.41) is 2.92. The zero-order valence-corrected chi connectivity index (χ0v) is 16.6. The fraction of sp³-hybridized carbons (Fsp3) is 0.217. The number of pyridine rings is 1. The minimum atomic E-state index is -0.213. The molecule has 0 radical (unpaired) electrons. The molecule has 0 bridgehead atoms. The quantitative estimate of drug-likeness (QED) is 0.665. The number of aromatic nitrogens is 1. The van der Waals surface area contributed by atoms with Crippen LogP contribution in [0.3, 0.4) is 0 Å². The Morgan fingerprint density at radius 3 is 2.32 bits per heavy atom. The van der Waals surface area contributed by atoms with E-state index in [0.29, 0.717) is 5.69 Å².